The van der Waals surface area contributed by atoms with Crippen LogP contribution < -0.4 is 10.1 Å². The van der Waals surface area contributed by atoms with Crippen molar-refractivity contribution in [1.29, 1.82) is 0 Å². The van der Waals surface area contributed by atoms with Gasteiger partial charge in [0.2, 0.25) is 11.2 Å². The van der Waals surface area contributed by atoms with Gasteiger partial charge in [0.15, 0.2) is 0 Å². The summed E-state index contributed by atoms with van der Waals surface area (Å²) in [6.45, 7) is 10.6. The molecule has 19 heavy (non-hydrogen) atoms. The molecule has 1 N–H and O–H groups in total. The molecule has 0 fully saturated rings. The van der Waals surface area contributed by atoms with Crippen molar-refractivity contribution in [3.63, 3.8) is 0 Å². The second kappa shape index (κ2) is 8.87. The fourth-order valence-electron chi connectivity index (χ4n) is 1.53. The zero-order valence-electron chi connectivity index (χ0n) is 11.8. The van der Waals surface area contributed by atoms with E-state index in [9.17, 15) is 0 Å². The number of ether oxygens (including phenoxy) is 1. The van der Waals surface area contributed by atoms with E-state index in [1.54, 1.807) is 0 Å². The van der Waals surface area contributed by atoms with Gasteiger partial charge >= 0.3 is 6.01 Å². The van der Waals surface area contributed by atoms with Crippen LogP contribution in [0.1, 0.15) is 27.2 Å². The van der Waals surface area contributed by atoms with Crippen LogP contribution in [-0.2, 0) is 0 Å². The lowest BCUT2D eigenvalue weighted by molar-refractivity contribution is 0.291. The molecule has 1 aromatic heterocycles. The Kier molecular flexibility index (Phi) is 7.43. The van der Waals surface area contributed by atoms with E-state index < -0.39 is 0 Å². The molecule has 0 atom stereocenters. The molecule has 1 rings (SSSR count). The molecular formula is C12H22ClN5O. The second-order valence-electron chi connectivity index (χ2n) is 4.01. The van der Waals surface area contributed by atoms with Crippen molar-refractivity contribution >= 4 is 17.5 Å². The minimum Gasteiger partial charge on any atom is -0.463 e. The Morgan fingerprint density at radius 3 is 2.53 bits per heavy atom. The quantitative estimate of drug-likeness (QED) is 0.750. The molecule has 0 bridgehead atoms. The van der Waals surface area contributed by atoms with E-state index in [0.717, 1.165) is 32.6 Å². The summed E-state index contributed by atoms with van der Waals surface area (Å²) in [5, 5.41) is 3.28. The third-order valence-electron chi connectivity index (χ3n) is 2.63. The summed E-state index contributed by atoms with van der Waals surface area (Å²) in [5.74, 6) is 0.457. The van der Waals surface area contributed by atoms with Gasteiger partial charge in [-0.25, -0.2) is 0 Å². The number of aromatic nitrogens is 3. The number of rotatable bonds is 9. The summed E-state index contributed by atoms with van der Waals surface area (Å²) in [6.07, 6.45) is 0.897. The van der Waals surface area contributed by atoms with Crippen LogP contribution in [-0.4, -0.2) is 52.6 Å². The monoisotopic (exact) mass is 287 g/mol. The van der Waals surface area contributed by atoms with Crippen molar-refractivity contribution in [3.05, 3.63) is 5.28 Å². The zero-order valence-corrected chi connectivity index (χ0v) is 12.6. The molecular weight excluding hydrogens is 266 g/mol. The third kappa shape index (κ3) is 6.02. The summed E-state index contributed by atoms with van der Waals surface area (Å²) in [4.78, 5) is 14.4. The van der Waals surface area contributed by atoms with Crippen molar-refractivity contribution in [2.24, 2.45) is 0 Å². The number of nitrogens with zero attached hydrogens (tertiary/aromatic N) is 4. The lowest BCUT2D eigenvalue weighted by atomic mass is 10.4. The average molecular weight is 288 g/mol. The Hall–Kier alpha value is -1.14. The summed E-state index contributed by atoms with van der Waals surface area (Å²) >= 11 is 5.83. The van der Waals surface area contributed by atoms with Gasteiger partial charge in [-0.15, -0.1) is 0 Å². The Bertz CT molecular complexity index is 373. The third-order valence-corrected chi connectivity index (χ3v) is 2.80. The first-order valence-corrected chi connectivity index (χ1v) is 7.07. The number of hydrogen-bond donors (Lipinski definition) is 1. The lowest BCUT2D eigenvalue weighted by Gasteiger charge is -2.17. The maximum atomic E-state index is 5.83. The molecule has 0 spiro atoms. The van der Waals surface area contributed by atoms with E-state index in [2.05, 4.69) is 39.0 Å². The molecule has 1 heterocycles. The molecule has 0 amide bonds. The van der Waals surface area contributed by atoms with Gasteiger partial charge in [0.25, 0.3) is 0 Å². The van der Waals surface area contributed by atoms with Gasteiger partial charge in [-0.05, 0) is 31.1 Å². The lowest BCUT2D eigenvalue weighted by Crippen LogP contribution is -2.29. The molecule has 0 aliphatic carbocycles. The van der Waals surface area contributed by atoms with Gasteiger partial charge in [0.05, 0.1) is 6.61 Å². The van der Waals surface area contributed by atoms with Crippen molar-refractivity contribution in [3.8, 4) is 6.01 Å². The van der Waals surface area contributed by atoms with Crippen LogP contribution in [0.2, 0.25) is 5.28 Å². The normalized spacial score (nSPS) is 10.8. The van der Waals surface area contributed by atoms with Gasteiger partial charge in [0.1, 0.15) is 0 Å². The molecule has 6 nitrogen and oxygen atoms in total. The fraction of sp³-hybridized carbons (Fsp3) is 0.750. The molecule has 108 valence electrons. The topological polar surface area (TPSA) is 63.2 Å². The van der Waals surface area contributed by atoms with Crippen molar-refractivity contribution < 1.29 is 4.74 Å². The Labute approximate surface area is 119 Å². The SMILES string of the molecule is CCCOc1nc(Cl)nc(NCCN(CC)CC)n1. The molecule has 0 radical (unpaired) electrons. The summed E-state index contributed by atoms with van der Waals surface area (Å²) in [5.41, 5.74) is 0. The highest BCUT2D eigenvalue weighted by Gasteiger charge is 2.06. The van der Waals surface area contributed by atoms with E-state index >= 15 is 0 Å². The number of halogens is 1. The first kappa shape index (κ1) is 15.9. The Balaban J connectivity index is 2.50. The summed E-state index contributed by atoms with van der Waals surface area (Å²) < 4.78 is 5.35. The smallest absolute Gasteiger partial charge is 0.322 e. The van der Waals surface area contributed by atoms with Crippen LogP contribution in [0, 0.1) is 0 Å². The highest BCUT2D eigenvalue weighted by Crippen LogP contribution is 2.11. The molecule has 0 saturated carbocycles. The minimum absolute atomic E-state index is 0.145. The highest BCUT2D eigenvalue weighted by molar-refractivity contribution is 6.28. The van der Waals surface area contributed by atoms with Crippen LogP contribution in [0.25, 0.3) is 0 Å². The molecule has 0 unspecified atom stereocenters. The fourth-order valence-corrected chi connectivity index (χ4v) is 1.69. The van der Waals surface area contributed by atoms with Crippen molar-refractivity contribution in [1.82, 2.24) is 19.9 Å². The van der Waals surface area contributed by atoms with Gasteiger partial charge in [-0.1, -0.05) is 20.8 Å². The largest absolute Gasteiger partial charge is 0.463 e. The first-order chi connectivity index (χ1) is 9.19. The number of likely N-dealkylation sites (N-methyl/N-ethyl adjacent to an activating group) is 1. The zero-order chi connectivity index (χ0) is 14.1. The molecule has 0 aromatic carbocycles. The summed E-state index contributed by atoms with van der Waals surface area (Å²) in [6, 6.07) is 0.271. The molecule has 7 heteroatoms. The Morgan fingerprint density at radius 2 is 1.89 bits per heavy atom. The Morgan fingerprint density at radius 1 is 1.16 bits per heavy atom. The van der Waals surface area contributed by atoms with E-state index in [-0.39, 0.29) is 11.3 Å². The van der Waals surface area contributed by atoms with Crippen LogP contribution in [0.5, 0.6) is 6.01 Å². The van der Waals surface area contributed by atoms with Gasteiger partial charge in [-0.3, -0.25) is 0 Å². The standard InChI is InChI=1S/C12H22ClN5O/c1-4-9-19-12-16-10(13)15-11(17-12)14-7-8-18(5-2)6-3/h4-9H2,1-3H3,(H,14,15,16,17). The predicted octanol–water partition coefficient (Wildman–Crippen LogP) is 2.07. The minimum atomic E-state index is 0.145. The number of anilines is 1. The first-order valence-electron chi connectivity index (χ1n) is 6.70. The van der Waals surface area contributed by atoms with Crippen LogP contribution in [0.3, 0.4) is 0 Å². The van der Waals surface area contributed by atoms with Crippen molar-refractivity contribution in [2.45, 2.75) is 27.2 Å². The van der Waals surface area contributed by atoms with Gasteiger partial charge in [0, 0.05) is 13.1 Å². The molecule has 0 aliphatic heterocycles. The second-order valence-corrected chi connectivity index (χ2v) is 4.35. The maximum absolute atomic E-state index is 5.83. The predicted molar refractivity (Wildman–Crippen MR) is 76.9 cm³/mol. The van der Waals surface area contributed by atoms with Crippen LogP contribution in [0.15, 0.2) is 0 Å². The number of nitrogens with one attached hydrogen (secondary N) is 1. The van der Waals surface area contributed by atoms with E-state index in [1.807, 2.05) is 6.92 Å². The van der Waals surface area contributed by atoms with E-state index in [1.165, 1.54) is 0 Å². The van der Waals surface area contributed by atoms with E-state index in [4.69, 9.17) is 16.3 Å². The van der Waals surface area contributed by atoms with Crippen LogP contribution in [0.4, 0.5) is 5.95 Å². The van der Waals surface area contributed by atoms with Gasteiger partial charge < -0.3 is 15.0 Å². The maximum Gasteiger partial charge on any atom is 0.322 e. The van der Waals surface area contributed by atoms with Gasteiger partial charge in [-0.2, -0.15) is 15.0 Å². The average Bonchev–Trinajstić information content (AvgIpc) is 2.41. The van der Waals surface area contributed by atoms with Crippen molar-refractivity contribution in [2.75, 3.05) is 38.1 Å². The molecule has 0 aliphatic rings. The number of hydrogen-bond acceptors (Lipinski definition) is 6. The molecule has 1 aromatic rings. The summed E-state index contributed by atoms with van der Waals surface area (Å²) in [7, 11) is 0. The highest BCUT2D eigenvalue weighted by atomic mass is 35.5. The van der Waals surface area contributed by atoms with Crippen LogP contribution >= 0.6 is 11.6 Å². The van der Waals surface area contributed by atoms with E-state index in [0.29, 0.717) is 12.6 Å². The molecule has 0 saturated heterocycles.